The van der Waals surface area contributed by atoms with Crippen molar-refractivity contribution in [1.82, 2.24) is 9.88 Å². The van der Waals surface area contributed by atoms with Crippen LogP contribution in [0.5, 0.6) is 0 Å². The molecule has 2 heterocycles. The van der Waals surface area contributed by atoms with Crippen LogP contribution in [-0.2, 0) is 0 Å². The van der Waals surface area contributed by atoms with Crippen molar-refractivity contribution in [3.8, 4) is 10.6 Å². The number of carbonyl (C=O) groups excluding carboxylic acids is 1. The monoisotopic (exact) mass is 320 g/mol. The first-order valence-electron chi connectivity index (χ1n) is 7.24. The van der Waals surface area contributed by atoms with E-state index >= 15 is 0 Å². The van der Waals surface area contributed by atoms with Crippen molar-refractivity contribution in [2.45, 2.75) is 0 Å². The van der Waals surface area contributed by atoms with Crippen LogP contribution < -0.4 is 0 Å². The van der Waals surface area contributed by atoms with Crippen LogP contribution in [0.3, 0.4) is 0 Å². The molecule has 6 heteroatoms. The van der Waals surface area contributed by atoms with Gasteiger partial charge in [-0.2, -0.15) is 0 Å². The molecular formula is C16H14F2N2OS. The van der Waals surface area contributed by atoms with Crippen LogP contribution in [0.15, 0.2) is 29.6 Å². The van der Waals surface area contributed by atoms with Crippen molar-refractivity contribution in [1.29, 1.82) is 0 Å². The normalized spacial score (nSPS) is 26.1. The Hall–Kier alpha value is -1.82. The van der Waals surface area contributed by atoms with Crippen LogP contribution in [0.1, 0.15) is 10.5 Å². The lowest BCUT2D eigenvalue weighted by Gasteiger charge is -2.17. The smallest absolute Gasteiger partial charge is 0.273 e. The third-order valence-corrected chi connectivity index (χ3v) is 5.54. The fourth-order valence-corrected chi connectivity index (χ4v) is 4.16. The highest BCUT2D eigenvalue weighted by Gasteiger charge is 2.56. The van der Waals surface area contributed by atoms with E-state index in [1.54, 1.807) is 28.5 Å². The summed E-state index contributed by atoms with van der Waals surface area (Å²) < 4.78 is 26.4. The number of fused-ring (bicyclic) bond motifs is 1. The number of amides is 1. The van der Waals surface area contributed by atoms with Gasteiger partial charge in [-0.1, -0.05) is 12.1 Å². The summed E-state index contributed by atoms with van der Waals surface area (Å²) >= 11 is 1.26. The number of alkyl halides is 1. The van der Waals surface area contributed by atoms with Gasteiger partial charge in [-0.25, -0.2) is 9.37 Å². The van der Waals surface area contributed by atoms with Crippen LogP contribution in [0.2, 0.25) is 0 Å². The molecule has 3 nitrogen and oxygen atoms in total. The van der Waals surface area contributed by atoms with Gasteiger partial charge in [0, 0.05) is 24.0 Å². The maximum absolute atomic E-state index is 13.8. The Labute approximate surface area is 130 Å². The van der Waals surface area contributed by atoms with Crippen molar-refractivity contribution in [3.05, 3.63) is 41.2 Å². The molecule has 0 bridgehead atoms. The molecule has 0 radical (unpaired) electrons. The van der Waals surface area contributed by atoms with Gasteiger partial charge in [0.2, 0.25) is 0 Å². The third kappa shape index (κ3) is 2.13. The molecule has 2 aliphatic rings. The fraction of sp³-hybridized carbons (Fsp3) is 0.375. The zero-order valence-electron chi connectivity index (χ0n) is 11.7. The number of piperidine rings is 1. The van der Waals surface area contributed by atoms with Gasteiger partial charge < -0.3 is 4.90 Å². The minimum Gasteiger partial charge on any atom is -0.337 e. The molecule has 2 aromatic rings. The molecule has 1 saturated carbocycles. The van der Waals surface area contributed by atoms with Crippen molar-refractivity contribution < 1.29 is 13.6 Å². The number of hydrogen-bond donors (Lipinski definition) is 0. The highest BCUT2D eigenvalue weighted by Crippen LogP contribution is 2.52. The van der Waals surface area contributed by atoms with E-state index in [9.17, 15) is 13.6 Å². The maximum Gasteiger partial charge on any atom is 0.273 e. The quantitative estimate of drug-likeness (QED) is 0.870. The molecule has 22 heavy (non-hydrogen) atoms. The number of thiazole rings is 1. The number of hydrogen-bond acceptors (Lipinski definition) is 3. The Balaban J connectivity index is 1.51. The molecule has 1 aromatic carbocycles. The van der Waals surface area contributed by atoms with Crippen LogP contribution >= 0.6 is 11.3 Å². The zero-order valence-corrected chi connectivity index (χ0v) is 12.5. The van der Waals surface area contributed by atoms with E-state index in [0.717, 1.165) is 0 Å². The van der Waals surface area contributed by atoms with Gasteiger partial charge in [0.15, 0.2) is 0 Å². The van der Waals surface area contributed by atoms with Crippen molar-refractivity contribution in [3.63, 3.8) is 0 Å². The average molecular weight is 320 g/mol. The number of benzene rings is 1. The van der Waals surface area contributed by atoms with Gasteiger partial charge in [0.25, 0.3) is 5.91 Å². The average Bonchev–Trinajstić information content (AvgIpc) is 2.93. The predicted molar refractivity (Wildman–Crippen MR) is 79.9 cm³/mol. The fourth-order valence-electron chi connectivity index (χ4n) is 3.34. The standard InChI is InChI=1S/C16H14F2N2OS/c17-5-10-11-6-20(7-12(10)11)16(21)14-8-22-15(19-14)9-3-1-2-4-13(9)18/h1-4,8,10-12H,5-7H2/t10?,11-,12+. The van der Waals surface area contributed by atoms with Gasteiger partial charge in [-0.3, -0.25) is 9.18 Å². The first-order valence-corrected chi connectivity index (χ1v) is 8.12. The Kier molecular flexibility index (Phi) is 3.22. The number of nitrogens with zero attached hydrogens (tertiary/aromatic N) is 2. The van der Waals surface area contributed by atoms with E-state index in [2.05, 4.69) is 4.98 Å². The molecule has 1 aromatic heterocycles. The lowest BCUT2D eigenvalue weighted by molar-refractivity contribution is 0.0760. The molecular weight excluding hydrogens is 306 g/mol. The molecule has 0 N–H and O–H groups in total. The lowest BCUT2D eigenvalue weighted by atomic mass is 10.2. The number of likely N-dealkylation sites (tertiary alicyclic amines) is 1. The molecule has 2 fully saturated rings. The molecule has 1 amide bonds. The first-order chi connectivity index (χ1) is 10.7. The first kappa shape index (κ1) is 13.8. The van der Waals surface area contributed by atoms with Gasteiger partial charge in [0.1, 0.15) is 16.5 Å². The Morgan fingerprint density at radius 2 is 2.05 bits per heavy atom. The summed E-state index contributed by atoms with van der Waals surface area (Å²) in [6.45, 7) is 0.945. The third-order valence-electron chi connectivity index (χ3n) is 4.66. The van der Waals surface area contributed by atoms with Gasteiger partial charge in [-0.05, 0) is 29.9 Å². The molecule has 1 saturated heterocycles. The van der Waals surface area contributed by atoms with Gasteiger partial charge in [-0.15, -0.1) is 11.3 Å². The molecule has 4 rings (SSSR count). The summed E-state index contributed by atoms with van der Waals surface area (Å²) in [6.07, 6.45) is 0. The number of aromatic nitrogens is 1. The van der Waals surface area contributed by atoms with Crippen LogP contribution in [0.4, 0.5) is 8.78 Å². The highest BCUT2D eigenvalue weighted by atomic mass is 32.1. The molecule has 1 unspecified atom stereocenters. The van der Waals surface area contributed by atoms with Crippen molar-refractivity contribution >= 4 is 17.2 Å². The van der Waals surface area contributed by atoms with Crippen LogP contribution in [-0.4, -0.2) is 35.6 Å². The number of carbonyl (C=O) groups is 1. The van der Waals surface area contributed by atoms with E-state index < -0.39 is 0 Å². The second-order valence-electron chi connectivity index (χ2n) is 5.87. The van der Waals surface area contributed by atoms with Crippen LogP contribution in [0.25, 0.3) is 10.6 Å². The van der Waals surface area contributed by atoms with Gasteiger partial charge in [0.05, 0.1) is 6.67 Å². The predicted octanol–water partition coefficient (Wildman–Crippen LogP) is 3.24. The van der Waals surface area contributed by atoms with Crippen molar-refractivity contribution in [2.75, 3.05) is 19.8 Å². The minimum absolute atomic E-state index is 0.136. The summed E-state index contributed by atoms with van der Waals surface area (Å²) in [5.74, 6) is 0.304. The molecule has 1 aliphatic heterocycles. The van der Waals surface area contributed by atoms with Crippen molar-refractivity contribution in [2.24, 2.45) is 17.8 Å². The summed E-state index contributed by atoms with van der Waals surface area (Å²) in [6, 6.07) is 6.39. The molecule has 3 atom stereocenters. The minimum atomic E-state index is -0.343. The molecule has 0 spiro atoms. The van der Waals surface area contributed by atoms with E-state index in [4.69, 9.17) is 0 Å². The zero-order chi connectivity index (χ0) is 15.3. The second-order valence-corrected chi connectivity index (χ2v) is 6.73. The molecule has 1 aliphatic carbocycles. The largest absolute Gasteiger partial charge is 0.337 e. The summed E-state index contributed by atoms with van der Waals surface area (Å²) in [4.78, 5) is 18.4. The molecule has 114 valence electrons. The maximum atomic E-state index is 13.8. The Morgan fingerprint density at radius 3 is 2.73 bits per heavy atom. The van der Waals surface area contributed by atoms with Crippen LogP contribution in [0, 0.1) is 23.6 Å². The lowest BCUT2D eigenvalue weighted by Crippen LogP contribution is -2.32. The van der Waals surface area contributed by atoms with E-state index in [-0.39, 0.29) is 24.3 Å². The van der Waals surface area contributed by atoms with Gasteiger partial charge >= 0.3 is 0 Å². The Bertz CT molecular complexity index is 720. The topological polar surface area (TPSA) is 33.2 Å². The number of halogens is 2. The SMILES string of the molecule is O=C(c1csc(-c2ccccc2F)n1)N1C[C@@H]2C(CF)[C@@H]2C1. The van der Waals surface area contributed by atoms with E-state index in [0.29, 0.717) is 41.2 Å². The second kappa shape index (κ2) is 5.12. The summed E-state index contributed by atoms with van der Waals surface area (Å²) in [7, 11) is 0. The summed E-state index contributed by atoms with van der Waals surface area (Å²) in [5, 5.41) is 2.17. The Morgan fingerprint density at radius 1 is 1.32 bits per heavy atom. The van der Waals surface area contributed by atoms with E-state index in [1.165, 1.54) is 17.4 Å². The highest BCUT2D eigenvalue weighted by molar-refractivity contribution is 7.13. The van der Waals surface area contributed by atoms with E-state index in [1.807, 2.05) is 0 Å². The number of rotatable bonds is 3. The summed E-state index contributed by atoms with van der Waals surface area (Å²) in [5.41, 5.74) is 0.759.